The fraction of sp³-hybridized carbons (Fsp3) is 0.350. The van der Waals surface area contributed by atoms with Gasteiger partial charge < -0.3 is 5.32 Å². The minimum Gasteiger partial charge on any atom is -0.353 e. The van der Waals surface area contributed by atoms with Gasteiger partial charge in [-0.1, -0.05) is 37.6 Å². The van der Waals surface area contributed by atoms with Crippen LogP contribution >= 0.6 is 0 Å². The van der Waals surface area contributed by atoms with Gasteiger partial charge in [-0.3, -0.25) is 9.11 Å². The standard InChI is InChI=1S/C20H24N4O6S2/c1-2-3-7-18-22-19(24-20(23-18)21-10-11-31(25,26)27)13-15-6-4-5-14-12-16(32(28,29)30)8-9-17(14)15/h4-6,8-9,12H,2-3,7,10-11,13H2,1H3,(H,25,26,27)(H,28,29,30)(H,21,22,23,24). The van der Waals surface area contributed by atoms with E-state index in [1.807, 2.05) is 13.0 Å². The van der Waals surface area contributed by atoms with Crippen LogP contribution in [0.2, 0.25) is 0 Å². The Morgan fingerprint density at radius 3 is 2.41 bits per heavy atom. The summed E-state index contributed by atoms with van der Waals surface area (Å²) in [6.45, 7) is 1.99. The Kier molecular flexibility index (Phi) is 7.39. The van der Waals surface area contributed by atoms with Crippen LogP contribution in [0.1, 0.15) is 37.0 Å². The maximum Gasteiger partial charge on any atom is 0.294 e. The van der Waals surface area contributed by atoms with E-state index in [-0.39, 0.29) is 17.4 Å². The number of anilines is 1. The van der Waals surface area contributed by atoms with E-state index in [0.29, 0.717) is 29.9 Å². The summed E-state index contributed by atoms with van der Waals surface area (Å²) >= 11 is 0. The minimum atomic E-state index is -4.31. The maximum atomic E-state index is 11.4. The summed E-state index contributed by atoms with van der Waals surface area (Å²) in [7, 11) is -8.42. The average molecular weight is 481 g/mol. The Morgan fingerprint density at radius 1 is 0.969 bits per heavy atom. The molecule has 3 rings (SSSR count). The van der Waals surface area contributed by atoms with E-state index in [4.69, 9.17) is 4.55 Å². The first-order valence-corrected chi connectivity index (χ1v) is 13.0. The Bertz CT molecular complexity index is 1330. The van der Waals surface area contributed by atoms with Gasteiger partial charge in [0.05, 0.1) is 10.6 Å². The summed E-state index contributed by atoms with van der Waals surface area (Å²) in [5, 5.41) is 4.24. The zero-order chi connectivity index (χ0) is 23.4. The molecule has 0 aliphatic heterocycles. The molecule has 2 aromatic carbocycles. The van der Waals surface area contributed by atoms with Crippen molar-refractivity contribution >= 4 is 37.0 Å². The number of hydrogen-bond acceptors (Lipinski definition) is 8. The van der Waals surface area contributed by atoms with Crippen LogP contribution in [-0.4, -0.2) is 53.2 Å². The average Bonchev–Trinajstić information content (AvgIpc) is 2.70. The van der Waals surface area contributed by atoms with Gasteiger partial charge in [-0.25, -0.2) is 4.98 Å². The molecule has 172 valence electrons. The summed E-state index contributed by atoms with van der Waals surface area (Å²) in [5.74, 6) is 0.781. The van der Waals surface area contributed by atoms with Crippen LogP contribution in [0.25, 0.3) is 10.8 Å². The molecule has 3 aromatic rings. The lowest BCUT2D eigenvalue weighted by atomic mass is 10.0. The molecule has 0 fully saturated rings. The summed E-state index contributed by atoms with van der Waals surface area (Å²) in [5.41, 5.74) is 0.848. The number of nitrogens with one attached hydrogen (secondary N) is 1. The van der Waals surface area contributed by atoms with E-state index in [0.717, 1.165) is 23.8 Å². The van der Waals surface area contributed by atoms with Gasteiger partial charge in [0.15, 0.2) is 0 Å². The van der Waals surface area contributed by atoms with E-state index >= 15 is 0 Å². The second-order valence-corrected chi connectivity index (χ2v) is 10.3. The third-order valence-corrected chi connectivity index (χ3v) is 6.28. The van der Waals surface area contributed by atoms with Gasteiger partial charge in [-0.2, -0.15) is 26.8 Å². The number of aromatic nitrogens is 3. The van der Waals surface area contributed by atoms with Gasteiger partial charge in [-0.15, -0.1) is 0 Å². The van der Waals surface area contributed by atoms with Crippen LogP contribution in [0.15, 0.2) is 41.3 Å². The third kappa shape index (κ3) is 6.66. The van der Waals surface area contributed by atoms with Crippen LogP contribution in [0, 0.1) is 0 Å². The Balaban J connectivity index is 1.92. The van der Waals surface area contributed by atoms with Crippen molar-refractivity contribution in [2.45, 2.75) is 37.5 Å². The van der Waals surface area contributed by atoms with Crippen LogP contribution in [0.5, 0.6) is 0 Å². The monoisotopic (exact) mass is 480 g/mol. The first-order valence-electron chi connectivity index (χ1n) is 9.97. The topological polar surface area (TPSA) is 159 Å². The van der Waals surface area contributed by atoms with Crippen LogP contribution < -0.4 is 5.32 Å². The number of benzene rings is 2. The molecule has 0 aliphatic carbocycles. The molecule has 0 atom stereocenters. The number of rotatable bonds is 10. The molecule has 0 radical (unpaired) electrons. The highest BCUT2D eigenvalue weighted by molar-refractivity contribution is 7.86. The van der Waals surface area contributed by atoms with Gasteiger partial charge in [-0.05, 0) is 34.9 Å². The van der Waals surface area contributed by atoms with Crippen LogP contribution in [-0.2, 0) is 33.1 Å². The molecule has 0 aliphatic rings. The maximum absolute atomic E-state index is 11.4. The zero-order valence-electron chi connectivity index (χ0n) is 17.4. The number of fused-ring (bicyclic) bond motifs is 1. The van der Waals surface area contributed by atoms with E-state index in [1.165, 1.54) is 12.1 Å². The molecule has 1 aromatic heterocycles. The second kappa shape index (κ2) is 9.86. The van der Waals surface area contributed by atoms with Crippen molar-refractivity contribution in [3.8, 4) is 0 Å². The Morgan fingerprint density at radius 2 is 1.72 bits per heavy atom. The summed E-state index contributed by atoms with van der Waals surface area (Å²) < 4.78 is 63.0. The number of aryl methyl sites for hydroxylation is 1. The summed E-state index contributed by atoms with van der Waals surface area (Å²) in [4.78, 5) is 13.0. The van der Waals surface area contributed by atoms with Gasteiger partial charge >= 0.3 is 0 Å². The molecule has 0 spiro atoms. The lowest BCUT2D eigenvalue weighted by Crippen LogP contribution is -2.17. The van der Waals surface area contributed by atoms with E-state index in [1.54, 1.807) is 18.2 Å². The fourth-order valence-corrected chi connectivity index (χ4v) is 4.05. The van der Waals surface area contributed by atoms with Crippen molar-refractivity contribution in [3.63, 3.8) is 0 Å². The molecule has 1 heterocycles. The molecule has 0 bridgehead atoms. The highest BCUT2D eigenvalue weighted by Gasteiger charge is 2.13. The number of unbranched alkanes of at least 4 members (excludes halogenated alkanes) is 1. The molecular formula is C20H24N4O6S2. The molecule has 0 amide bonds. The van der Waals surface area contributed by atoms with Crippen molar-refractivity contribution < 1.29 is 25.9 Å². The molecule has 0 unspecified atom stereocenters. The Hall–Kier alpha value is -2.67. The second-order valence-electron chi connectivity index (χ2n) is 7.26. The van der Waals surface area contributed by atoms with Crippen molar-refractivity contribution in [1.29, 1.82) is 0 Å². The summed E-state index contributed by atoms with van der Waals surface area (Å²) in [6.07, 6.45) is 2.79. The van der Waals surface area contributed by atoms with Gasteiger partial charge in [0.25, 0.3) is 20.2 Å². The lowest BCUT2D eigenvalue weighted by molar-refractivity contribution is 0.481. The predicted molar refractivity (Wildman–Crippen MR) is 120 cm³/mol. The molecule has 0 saturated carbocycles. The van der Waals surface area contributed by atoms with Crippen molar-refractivity contribution in [3.05, 3.63) is 53.6 Å². The van der Waals surface area contributed by atoms with E-state index in [2.05, 4.69) is 20.3 Å². The molecule has 10 nitrogen and oxygen atoms in total. The van der Waals surface area contributed by atoms with Crippen LogP contribution in [0.4, 0.5) is 5.95 Å². The van der Waals surface area contributed by atoms with Crippen LogP contribution in [0.3, 0.4) is 0 Å². The molecule has 0 saturated heterocycles. The van der Waals surface area contributed by atoms with Crippen molar-refractivity contribution in [1.82, 2.24) is 15.0 Å². The highest BCUT2D eigenvalue weighted by Crippen LogP contribution is 2.24. The Labute approximate surface area is 186 Å². The zero-order valence-corrected chi connectivity index (χ0v) is 19.0. The molecule has 32 heavy (non-hydrogen) atoms. The lowest BCUT2D eigenvalue weighted by Gasteiger charge is -2.10. The van der Waals surface area contributed by atoms with E-state index < -0.39 is 26.0 Å². The predicted octanol–water partition coefficient (Wildman–Crippen LogP) is 2.50. The quantitative estimate of drug-likeness (QED) is 0.368. The molecule has 12 heteroatoms. The normalized spacial score (nSPS) is 12.2. The first kappa shape index (κ1) is 24.0. The third-order valence-electron chi connectivity index (χ3n) is 4.71. The van der Waals surface area contributed by atoms with Crippen molar-refractivity contribution in [2.75, 3.05) is 17.6 Å². The minimum absolute atomic E-state index is 0.0534. The van der Waals surface area contributed by atoms with Crippen molar-refractivity contribution in [2.24, 2.45) is 0 Å². The van der Waals surface area contributed by atoms with E-state index in [9.17, 15) is 21.4 Å². The van der Waals surface area contributed by atoms with Gasteiger partial charge in [0.1, 0.15) is 11.6 Å². The van der Waals surface area contributed by atoms with Gasteiger partial charge in [0.2, 0.25) is 5.95 Å². The first-order chi connectivity index (χ1) is 15.0. The smallest absolute Gasteiger partial charge is 0.294 e. The highest BCUT2D eigenvalue weighted by atomic mass is 32.2. The molecule has 3 N–H and O–H groups in total. The summed E-state index contributed by atoms with van der Waals surface area (Å²) in [6, 6.07) is 9.75. The molecular weight excluding hydrogens is 456 g/mol. The van der Waals surface area contributed by atoms with Gasteiger partial charge in [0, 0.05) is 19.4 Å². The SMILES string of the molecule is CCCCc1nc(Cc2cccc3cc(S(=O)(=O)O)ccc23)nc(NCCS(=O)(=O)O)n1. The largest absolute Gasteiger partial charge is 0.353 e. The fourth-order valence-electron chi connectivity index (χ4n) is 3.18. The number of hydrogen-bond donors (Lipinski definition) is 3. The number of nitrogens with zero attached hydrogens (tertiary/aromatic N) is 3.